The number of rotatable bonds is 6. The number of aromatic nitrogens is 3. The first-order chi connectivity index (χ1) is 14.1. The third kappa shape index (κ3) is 5.46. The van der Waals surface area contributed by atoms with Crippen LogP contribution in [0.4, 0.5) is 0 Å². The molecule has 0 bridgehead atoms. The Morgan fingerprint density at radius 2 is 2.03 bits per heavy atom. The molecule has 0 spiro atoms. The number of hydrogen-bond donors (Lipinski definition) is 3. The molecule has 1 aliphatic heterocycles. The predicted molar refractivity (Wildman–Crippen MR) is 112 cm³/mol. The van der Waals surface area contributed by atoms with Gasteiger partial charge in [-0.3, -0.25) is 14.9 Å². The zero-order chi connectivity index (χ0) is 20.6. The van der Waals surface area contributed by atoms with Crippen molar-refractivity contribution in [2.45, 2.75) is 25.8 Å². The van der Waals surface area contributed by atoms with Gasteiger partial charge in [0.25, 0.3) is 0 Å². The number of likely N-dealkylation sites (tertiary alicyclic amines) is 1. The van der Waals surface area contributed by atoms with E-state index in [0.717, 1.165) is 49.0 Å². The van der Waals surface area contributed by atoms with Gasteiger partial charge in [-0.25, -0.2) is 4.98 Å². The number of carbonyl (C=O) groups is 1. The van der Waals surface area contributed by atoms with Crippen LogP contribution >= 0.6 is 0 Å². The molecule has 3 rings (SSSR count). The van der Waals surface area contributed by atoms with Crippen LogP contribution in [0.1, 0.15) is 25.1 Å². The maximum atomic E-state index is 11.6. The van der Waals surface area contributed by atoms with Crippen LogP contribution in [-0.4, -0.2) is 66.2 Å². The van der Waals surface area contributed by atoms with Crippen molar-refractivity contribution >= 4 is 11.9 Å². The van der Waals surface area contributed by atoms with Gasteiger partial charge in [0.15, 0.2) is 11.8 Å². The highest BCUT2D eigenvalue weighted by Gasteiger charge is 2.23. The summed E-state index contributed by atoms with van der Waals surface area (Å²) in [5.74, 6) is 3.58. The Morgan fingerprint density at radius 3 is 2.66 bits per heavy atom. The van der Waals surface area contributed by atoms with Crippen molar-refractivity contribution in [2.24, 2.45) is 10.9 Å². The Balaban J connectivity index is 1.51. The molecular formula is C20H29N7O2. The molecule has 1 fully saturated rings. The maximum absolute atomic E-state index is 11.6. The molecule has 1 aromatic heterocycles. The topological polar surface area (TPSA) is 108 Å². The van der Waals surface area contributed by atoms with E-state index in [1.807, 2.05) is 24.3 Å². The molecule has 9 nitrogen and oxygen atoms in total. The average Bonchev–Trinajstić information content (AvgIpc) is 3.24. The molecule has 156 valence electrons. The summed E-state index contributed by atoms with van der Waals surface area (Å²) >= 11 is 0. The molecule has 2 heterocycles. The summed E-state index contributed by atoms with van der Waals surface area (Å²) in [6, 6.07) is 7.64. The SMILES string of the molecule is CN=C(NCc1nc(-c2ccc(OC)cc2)n[nH]1)N1CCC(CC(=O)NC)CC1. The summed E-state index contributed by atoms with van der Waals surface area (Å²) in [6.07, 6.45) is 2.57. The van der Waals surface area contributed by atoms with E-state index in [4.69, 9.17) is 4.74 Å². The lowest BCUT2D eigenvalue weighted by Gasteiger charge is -2.33. The molecule has 0 aliphatic carbocycles. The van der Waals surface area contributed by atoms with Crippen molar-refractivity contribution in [3.05, 3.63) is 30.1 Å². The van der Waals surface area contributed by atoms with Crippen LogP contribution in [-0.2, 0) is 11.3 Å². The first-order valence-corrected chi connectivity index (χ1v) is 9.84. The summed E-state index contributed by atoms with van der Waals surface area (Å²) < 4.78 is 5.18. The van der Waals surface area contributed by atoms with Gasteiger partial charge in [0.2, 0.25) is 5.91 Å². The van der Waals surface area contributed by atoms with Gasteiger partial charge in [-0.1, -0.05) is 0 Å². The van der Waals surface area contributed by atoms with E-state index in [1.54, 1.807) is 21.2 Å². The van der Waals surface area contributed by atoms with Gasteiger partial charge in [0.05, 0.1) is 13.7 Å². The Kier molecular flexibility index (Phi) is 7.04. The van der Waals surface area contributed by atoms with E-state index in [0.29, 0.717) is 24.7 Å². The normalized spacial score (nSPS) is 15.3. The number of guanidine groups is 1. The smallest absolute Gasteiger partial charge is 0.220 e. The fourth-order valence-corrected chi connectivity index (χ4v) is 3.45. The highest BCUT2D eigenvalue weighted by molar-refractivity contribution is 5.80. The van der Waals surface area contributed by atoms with Crippen LogP contribution in [0, 0.1) is 5.92 Å². The Labute approximate surface area is 171 Å². The Hall–Kier alpha value is -3.10. The zero-order valence-corrected chi connectivity index (χ0v) is 17.2. The molecule has 0 atom stereocenters. The molecule has 1 saturated heterocycles. The van der Waals surface area contributed by atoms with Crippen molar-refractivity contribution in [3.8, 4) is 17.1 Å². The second kappa shape index (κ2) is 9.90. The van der Waals surface area contributed by atoms with Crippen LogP contribution in [0.2, 0.25) is 0 Å². The highest BCUT2D eigenvalue weighted by atomic mass is 16.5. The number of aromatic amines is 1. The molecule has 1 aromatic carbocycles. The second-order valence-corrected chi connectivity index (χ2v) is 7.04. The van der Waals surface area contributed by atoms with Crippen LogP contribution in [0.15, 0.2) is 29.3 Å². The first-order valence-electron chi connectivity index (χ1n) is 9.84. The van der Waals surface area contributed by atoms with E-state index < -0.39 is 0 Å². The number of ether oxygens (including phenoxy) is 1. The van der Waals surface area contributed by atoms with Crippen molar-refractivity contribution in [1.82, 2.24) is 30.7 Å². The summed E-state index contributed by atoms with van der Waals surface area (Å²) in [4.78, 5) is 22.7. The molecule has 29 heavy (non-hydrogen) atoms. The van der Waals surface area contributed by atoms with Gasteiger partial charge in [0, 0.05) is 39.2 Å². The summed E-state index contributed by atoms with van der Waals surface area (Å²) in [5, 5.41) is 13.3. The Morgan fingerprint density at radius 1 is 1.31 bits per heavy atom. The number of methoxy groups -OCH3 is 1. The predicted octanol–water partition coefficient (Wildman–Crippen LogP) is 1.40. The monoisotopic (exact) mass is 399 g/mol. The standard InChI is InChI=1S/C20H29N7O2/c1-21-18(28)12-14-8-10-27(11-9-14)20(22-2)23-13-17-24-19(26-25-17)15-4-6-16(29-3)7-5-15/h4-7,14H,8-13H2,1-3H3,(H,21,28)(H,22,23)(H,24,25,26). The minimum Gasteiger partial charge on any atom is -0.497 e. The molecule has 3 N–H and O–H groups in total. The molecule has 9 heteroatoms. The van der Waals surface area contributed by atoms with Crippen LogP contribution in [0.25, 0.3) is 11.4 Å². The lowest BCUT2D eigenvalue weighted by atomic mass is 9.93. The van der Waals surface area contributed by atoms with Crippen LogP contribution in [0.3, 0.4) is 0 Å². The van der Waals surface area contributed by atoms with Gasteiger partial charge >= 0.3 is 0 Å². The molecular weight excluding hydrogens is 370 g/mol. The number of benzene rings is 1. The Bertz CT molecular complexity index is 824. The van der Waals surface area contributed by atoms with E-state index >= 15 is 0 Å². The lowest BCUT2D eigenvalue weighted by Crippen LogP contribution is -2.45. The van der Waals surface area contributed by atoms with Gasteiger partial charge in [-0.15, -0.1) is 0 Å². The fourth-order valence-electron chi connectivity index (χ4n) is 3.45. The average molecular weight is 399 g/mol. The van der Waals surface area contributed by atoms with E-state index in [9.17, 15) is 4.79 Å². The van der Waals surface area contributed by atoms with Gasteiger partial charge < -0.3 is 20.3 Å². The number of carbonyl (C=O) groups excluding carboxylic acids is 1. The van der Waals surface area contributed by atoms with E-state index in [-0.39, 0.29) is 5.91 Å². The minimum absolute atomic E-state index is 0.115. The zero-order valence-electron chi connectivity index (χ0n) is 17.2. The number of aliphatic imine (C=N–C) groups is 1. The molecule has 2 aromatic rings. The van der Waals surface area contributed by atoms with E-state index in [1.165, 1.54) is 0 Å². The number of piperidine rings is 1. The van der Waals surface area contributed by atoms with E-state index in [2.05, 4.69) is 35.7 Å². The number of nitrogens with zero attached hydrogens (tertiary/aromatic N) is 4. The van der Waals surface area contributed by atoms with Crippen molar-refractivity contribution in [1.29, 1.82) is 0 Å². The largest absolute Gasteiger partial charge is 0.497 e. The van der Waals surface area contributed by atoms with Gasteiger partial charge in [-0.2, -0.15) is 5.10 Å². The molecule has 1 amide bonds. The summed E-state index contributed by atoms with van der Waals surface area (Å²) in [6.45, 7) is 2.28. The third-order valence-electron chi connectivity index (χ3n) is 5.17. The second-order valence-electron chi connectivity index (χ2n) is 7.04. The number of nitrogens with one attached hydrogen (secondary N) is 3. The van der Waals surface area contributed by atoms with Gasteiger partial charge in [-0.05, 0) is 43.0 Å². The number of hydrogen-bond acceptors (Lipinski definition) is 5. The third-order valence-corrected chi connectivity index (χ3v) is 5.17. The van der Waals surface area contributed by atoms with Crippen LogP contribution < -0.4 is 15.4 Å². The molecule has 0 radical (unpaired) electrons. The number of amides is 1. The molecule has 1 aliphatic rings. The van der Waals surface area contributed by atoms with Crippen molar-refractivity contribution < 1.29 is 9.53 Å². The lowest BCUT2D eigenvalue weighted by molar-refractivity contribution is -0.121. The number of H-pyrrole nitrogens is 1. The summed E-state index contributed by atoms with van der Waals surface area (Å²) in [5.41, 5.74) is 0.927. The highest BCUT2D eigenvalue weighted by Crippen LogP contribution is 2.21. The maximum Gasteiger partial charge on any atom is 0.220 e. The molecule has 0 saturated carbocycles. The summed E-state index contributed by atoms with van der Waals surface area (Å²) in [7, 11) is 5.11. The molecule has 0 unspecified atom stereocenters. The van der Waals surface area contributed by atoms with Gasteiger partial charge in [0.1, 0.15) is 11.6 Å². The van der Waals surface area contributed by atoms with Crippen molar-refractivity contribution in [2.75, 3.05) is 34.3 Å². The fraction of sp³-hybridized carbons (Fsp3) is 0.500. The van der Waals surface area contributed by atoms with Crippen molar-refractivity contribution in [3.63, 3.8) is 0 Å². The quantitative estimate of drug-likeness (QED) is 0.501. The van der Waals surface area contributed by atoms with Crippen LogP contribution in [0.5, 0.6) is 5.75 Å². The first kappa shape index (κ1) is 20.6. The minimum atomic E-state index is 0.115.